The lowest BCUT2D eigenvalue weighted by molar-refractivity contribution is -0.141. The minimum Gasteiger partial charge on any atom is -0.481 e. The molecule has 0 aliphatic rings. The van der Waals surface area contributed by atoms with Crippen molar-refractivity contribution < 1.29 is 20.1 Å². The van der Waals surface area contributed by atoms with Crippen molar-refractivity contribution in [2.24, 2.45) is 0 Å². The van der Waals surface area contributed by atoms with Gasteiger partial charge in [0.25, 0.3) is 0 Å². The molecule has 0 bridgehead atoms. The fraction of sp³-hybridized carbons (Fsp3) is 0.200. The van der Waals surface area contributed by atoms with Crippen molar-refractivity contribution in [2.75, 3.05) is 0 Å². The number of nitrogens with zero attached hydrogens (tertiary/aromatic N) is 1. The molecule has 0 spiro atoms. The molecule has 2 atom stereocenters. The fourth-order valence-electron chi connectivity index (χ4n) is 1.90. The van der Waals surface area contributed by atoms with Crippen molar-refractivity contribution in [3.63, 3.8) is 0 Å². The van der Waals surface area contributed by atoms with Gasteiger partial charge in [0.2, 0.25) is 0 Å². The van der Waals surface area contributed by atoms with E-state index in [4.69, 9.17) is 5.11 Å². The molecule has 1 heterocycles. The van der Waals surface area contributed by atoms with Crippen LogP contribution in [0.25, 0.3) is 11.3 Å². The highest BCUT2D eigenvalue weighted by Crippen LogP contribution is 2.23. The minimum absolute atomic E-state index is 0.471. The summed E-state index contributed by atoms with van der Waals surface area (Å²) in [5.41, 5.74) is 2.16. The SMILES string of the molecule is O=C(O)CC(O)C(O)c1ccc(-c2ccccn2)cc1. The number of rotatable bonds is 5. The highest BCUT2D eigenvalue weighted by Gasteiger charge is 2.21. The molecule has 0 aliphatic heterocycles. The van der Waals surface area contributed by atoms with Gasteiger partial charge in [-0.1, -0.05) is 30.3 Å². The molecule has 0 saturated heterocycles. The Morgan fingerprint density at radius 3 is 2.35 bits per heavy atom. The number of hydrogen-bond acceptors (Lipinski definition) is 4. The van der Waals surface area contributed by atoms with Crippen LogP contribution in [0.1, 0.15) is 18.1 Å². The van der Waals surface area contributed by atoms with Crippen LogP contribution in [0, 0.1) is 0 Å². The van der Waals surface area contributed by atoms with Gasteiger partial charge < -0.3 is 15.3 Å². The summed E-state index contributed by atoms with van der Waals surface area (Å²) >= 11 is 0. The molecule has 0 aliphatic carbocycles. The van der Waals surface area contributed by atoms with E-state index in [2.05, 4.69) is 4.98 Å². The first-order valence-electron chi connectivity index (χ1n) is 6.17. The summed E-state index contributed by atoms with van der Waals surface area (Å²) in [5, 5.41) is 28.0. The number of carboxylic acids is 1. The lowest BCUT2D eigenvalue weighted by atomic mass is 10.00. The summed E-state index contributed by atoms with van der Waals surface area (Å²) in [6.45, 7) is 0. The maximum Gasteiger partial charge on any atom is 0.306 e. The molecule has 3 N–H and O–H groups in total. The summed E-state index contributed by atoms with van der Waals surface area (Å²) in [4.78, 5) is 14.7. The molecular formula is C15H15NO4. The van der Waals surface area contributed by atoms with Gasteiger partial charge >= 0.3 is 5.97 Å². The summed E-state index contributed by atoms with van der Waals surface area (Å²) in [7, 11) is 0. The van der Waals surface area contributed by atoms with E-state index in [0.29, 0.717) is 5.56 Å². The molecule has 5 heteroatoms. The quantitative estimate of drug-likeness (QED) is 0.770. The molecule has 0 radical (unpaired) electrons. The van der Waals surface area contributed by atoms with E-state index in [1.807, 2.05) is 18.2 Å². The molecule has 0 saturated carbocycles. The van der Waals surface area contributed by atoms with Crippen LogP contribution in [0.3, 0.4) is 0 Å². The van der Waals surface area contributed by atoms with Crippen LogP contribution in [0.4, 0.5) is 0 Å². The van der Waals surface area contributed by atoms with E-state index < -0.39 is 24.6 Å². The maximum atomic E-state index is 10.5. The fourth-order valence-corrected chi connectivity index (χ4v) is 1.90. The van der Waals surface area contributed by atoms with Crippen molar-refractivity contribution in [1.82, 2.24) is 4.98 Å². The second-order valence-corrected chi connectivity index (χ2v) is 4.45. The van der Waals surface area contributed by atoms with Gasteiger partial charge in [-0.15, -0.1) is 0 Å². The molecule has 1 aromatic heterocycles. The number of aliphatic carboxylic acids is 1. The zero-order valence-electron chi connectivity index (χ0n) is 10.7. The Kier molecular flexibility index (Phi) is 4.45. The Balaban J connectivity index is 2.14. The Hall–Kier alpha value is -2.24. The number of aromatic nitrogens is 1. The minimum atomic E-state index is -1.33. The van der Waals surface area contributed by atoms with Crippen LogP contribution < -0.4 is 0 Å². The smallest absolute Gasteiger partial charge is 0.306 e. The normalized spacial score (nSPS) is 13.7. The van der Waals surface area contributed by atoms with Gasteiger partial charge in [-0.25, -0.2) is 0 Å². The Bertz CT molecular complexity index is 568. The summed E-state index contributed by atoms with van der Waals surface area (Å²) < 4.78 is 0. The summed E-state index contributed by atoms with van der Waals surface area (Å²) in [6.07, 6.45) is -1.35. The van der Waals surface area contributed by atoms with E-state index in [0.717, 1.165) is 11.3 Å². The molecule has 2 unspecified atom stereocenters. The average molecular weight is 273 g/mol. The molecule has 5 nitrogen and oxygen atoms in total. The van der Waals surface area contributed by atoms with E-state index in [1.54, 1.807) is 30.5 Å². The zero-order valence-corrected chi connectivity index (χ0v) is 10.7. The van der Waals surface area contributed by atoms with Gasteiger partial charge in [-0.05, 0) is 17.7 Å². The van der Waals surface area contributed by atoms with Crippen molar-refractivity contribution in [2.45, 2.75) is 18.6 Å². The lowest BCUT2D eigenvalue weighted by Crippen LogP contribution is -2.21. The van der Waals surface area contributed by atoms with Gasteiger partial charge in [0, 0.05) is 11.8 Å². The van der Waals surface area contributed by atoms with Gasteiger partial charge in [0.05, 0.1) is 18.2 Å². The van der Waals surface area contributed by atoms with Gasteiger partial charge in [-0.2, -0.15) is 0 Å². The standard InChI is InChI=1S/C15H15NO4/c17-13(9-14(18)19)15(20)11-6-4-10(5-7-11)12-3-1-2-8-16-12/h1-8,13,15,17,20H,9H2,(H,18,19). The van der Waals surface area contributed by atoms with Gasteiger partial charge in [-0.3, -0.25) is 9.78 Å². The van der Waals surface area contributed by atoms with E-state index in [-0.39, 0.29) is 0 Å². The lowest BCUT2D eigenvalue weighted by Gasteiger charge is -2.16. The molecule has 2 aromatic rings. The summed E-state index contributed by atoms with van der Waals surface area (Å²) in [6, 6.07) is 12.4. The third kappa shape index (κ3) is 3.40. The number of carboxylic acid groups (broad SMARTS) is 1. The third-order valence-corrected chi connectivity index (χ3v) is 2.96. The first-order chi connectivity index (χ1) is 9.58. The van der Waals surface area contributed by atoms with Crippen molar-refractivity contribution >= 4 is 5.97 Å². The molecule has 104 valence electrons. The van der Waals surface area contributed by atoms with Crippen LogP contribution >= 0.6 is 0 Å². The molecule has 20 heavy (non-hydrogen) atoms. The number of hydrogen-bond donors (Lipinski definition) is 3. The van der Waals surface area contributed by atoms with E-state index in [9.17, 15) is 15.0 Å². The third-order valence-electron chi connectivity index (χ3n) is 2.96. The van der Waals surface area contributed by atoms with E-state index in [1.165, 1.54) is 0 Å². The zero-order chi connectivity index (χ0) is 14.5. The first-order valence-corrected chi connectivity index (χ1v) is 6.17. The number of pyridine rings is 1. The molecule has 2 rings (SSSR count). The number of aliphatic hydroxyl groups is 2. The molecule has 0 amide bonds. The molecule has 0 fully saturated rings. The average Bonchev–Trinajstić information content (AvgIpc) is 2.47. The van der Waals surface area contributed by atoms with Crippen LogP contribution in [0.15, 0.2) is 48.7 Å². The monoisotopic (exact) mass is 273 g/mol. The van der Waals surface area contributed by atoms with Gasteiger partial charge in [0.15, 0.2) is 0 Å². The summed E-state index contributed by atoms with van der Waals surface area (Å²) in [5.74, 6) is -1.15. The molecular weight excluding hydrogens is 258 g/mol. The second kappa shape index (κ2) is 6.27. The predicted octanol–water partition coefficient (Wildman–Crippen LogP) is 1.62. The van der Waals surface area contributed by atoms with Crippen LogP contribution in [0.5, 0.6) is 0 Å². The second-order valence-electron chi connectivity index (χ2n) is 4.45. The van der Waals surface area contributed by atoms with E-state index >= 15 is 0 Å². The largest absolute Gasteiger partial charge is 0.481 e. The van der Waals surface area contributed by atoms with Crippen LogP contribution in [-0.2, 0) is 4.79 Å². The van der Waals surface area contributed by atoms with Crippen molar-refractivity contribution in [3.05, 3.63) is 54.2 Å². The molecule has 1 aromatic carbocycles. The Labute approximate surface area is 116 Å². The topological polar surface area (TPSA) is 90.7 Å². The van der Waals surface area contributed by atoms with Crippen molar-refractivity contribution in [3.8, 4) is 11.3 Å². The van der Waals surface area contributed by atoms with Crippen LogP contribution in [0.2, 0.25) is 0 Å². The van der Waals surface area contributed by atoms with Crippen molar-refractivity contribution in [1.29, 1.82) is 0 Å². The first kappa shape index (κ1) is 14.2. The predicted molar refractivity (Wildman–Crippen MR) is 72.9 cm³/mol. The Morgan fingerprint density at radius 1 is 1.10 bits per heavy atom. The van der Waals surface area contributed by atoms with Gasteiger partial charge in [0.1, 0.15) is 6.10 Å². The highest BCUT2D eigenvalue weighted by molar-refractivity contribution is 5.67. The highest BCUT2D eigenvalue weighted by atomic mass is 16.4. The Morgan fingerprint density at radius 2 is 1.80 bits per heavy atom. The number of carbonyl (C=O) groups is 1. The number of benzene rings is 1. The maximum absolute atomic E-state index is 10.5. The number of aliphatic hydroxyl groups excluding tert-OH is 2. The van der Waals surface area contributed by atoms with Crippen LogP contribution in [-0.4, -0.2) is 32.4 Å².